The maximum Gasteiger partial charge on any atom is 0.338 e. The number of aromatic carboxylic acids is 1. The van der Waals surface area contributed by atoms with Crippen LogP contribution in [0.25, 0.3) is 0 Å². The smallest absolute Gasteiger partial charge is 0.338 e. The van der Waals surface area contributed by atoms with Crippen molar-refractivity contribution in [1.29, 1.82) is 0 Å². The molecule has 1 aliphatic heterocycles. The highest BCUT2D eigenvalue weighted by Crippen LogP contribution is 2.33. The third-order valence-corrected chi connectivity index (χ3v) is 4.99. The normalized spacial score (nSPS) is 22.1. The molecule has 1 fully saturated rings. The molecule has 0 aliphatic carbocycles. The van der Waals surface area contributed by atoms with Crippen molar-refractivity contribution in [2.24, 2.45) is 5.92 Å². The average molecular weight is 296 g/mol. The second-order valence-electron chi connectivity index (χ2n) is 5.56. The SMILES string of the molecule is Cc1sc(NC(=O)N2CC(C)CC2C)c(C(=O)O)c1C. The lowest BCUT2D eigenvalue weighted by molar-refractivity contribution is 0.0697. The van der Waals surface area contributed by atoms with Crippen molar-refractivity contribution < 1.29 is 14.7 Å². The van der Waals surface area contributed by atoms with Gasteiger partial charge in [-0.05, 0) is 38.7 Å². The Kier molecular flexibility index (Phi) is 4.04. The third kappa shape index (κ3) is 2.65. The molecule has 2 N–H and O–H groups in total. The number of thiophene rings is 1. The van der Waals surface area contributed by atoms with Crippen molar-refractivity contribution >= 4 is 28.3 Å². The number of hydrogen-bond acceptors (Lipinski definition) is 3. The molecule has 2 amide bonds. The third-order valence-electron chi connectivity index (χ3n) is 3.86. The summed E-state index contributed by atoms with van der Waals surface area (Å²) < 4.78 is 0. The predicted molar refractivity (Wildman–Crippen MR) is 79.7 cm³/mol. The average Bonchev–Trinajstić information content (AvgIpc) is 2.80. The summed E-state index contributed by atoms with van der Waals surface area (Å²) in [6, 6.07) is -0.00830. The zero-order chi connectivity index (χ0) is 15.0. The summed E-state index contributed by atoms with van der Waals surface area (Å²) in [4.78, 5) is 26.3. The van der Waals surface area contributed by atoms with Gasteiger partial charge in [-0.3, -0.25) is 5.32 Å². The van der Waals surface area contributed by atoms with E-state index >= 15 is 0 Å². The first-order valence-electron chi connectivity index (χ1n) is 6.72. The zero-order valence-corrected chi connectivity index (χ0v) is 13.0. The van der Waals surface area contributed by atoms with Crippen molar-refractivity contribution in [3.63, 3.8) is 0 Å². The van der Waals surface area contributed by atoms with Crippen LogP contribution in [0, 0.1) is 19.8 Å². The van der Waals surface area contributed by atoms with Crippen molar-refractivity contribution in [3.05, 3.63) is 16.0 Å². The Bertz CT molecular complexity index is 553. The fourth-order valence-electron chi connectivity index (χ4n) is 2.72. The maximum atomic E-state index is 12.3. The summed E-state index contributed by atoms with van der Waals surface area (Å²) in [5.74, 6) is -0.508. The van der Waals surface area contributed by atoms with Gasteiger partial charge in [-0.15, -0.1) is 11.3 Å². The van der Waals surface area contributed by atoms with Gasteiger partial charge in [0.1, 0.15) is 5.00 Å². The Morgan fingerprint density at radius 1 is 1.35 bits per heavy atom. The minimum absolute atomic E-state index is 0.195. The van der Waals surface area contributed by atoms with Crippen molar-refractivity contribution in [2.45, 2.75) is 40.2 Å². The second kappa shape index (κ2) is 5.44. The number of likely N-dealkylation sites (tertiary alicyclic amines) is 1. The summed E-state index contributed by atoms with van der Waals surface area (Å²) in [6.07, 6.45) is 0.988. The molecule has 2 rings (SSSR count). The van der Waals surface area contributed by atoms with Gasteiger partial charge < -0.3 is 10.0 Å². The van der Waals surface area contributed by atoms with Crippen LogP contribution in [0.1, 0.15) is 41.1 Å². The molecule has 1 aromatic rings. The van der Waals surface area contributed by atoms with Gasteiger partial charge in [0.25, 0.3) is 0 Å². The molecule has 0 saturated carbocycles. The molecular weight excluding hydrogens is 276 g/mol. The molecule has 110 valence electrons. The molecule has 1 aliphatic rings. The Hall–Kier alpha value is -1.56. The van der Waals surface area contributed by atoms with Crippen LogP contribution in [-0.4, -0.2) is 34.6 Å². The molecule has 2 heterocycles. The molecule has 2 unspecified atom stereocenters. The number of anilines is 1. The number of amides is 2. The molecule has 0 spiro atoms. The lowest BCUT2D eigenvalue weighted by Gasteiger charge is -2.21. The lowest BCUT2D eigenvalue weighted by atomic mass is 10.1. The van der Waals surface area contributed by atoms with E-state index in [1.54, 1.807) is 11.8 Å². The van der Waals surface area contributed by atoms with E-state index in [-0.39, 0.29) is 17.6 Å². The summed E-state index contributed by atoms with van der Waals surface area (Å²) in [5.41, 5.74) is 0.932. The van der Waals surface area contributed by atoms with E-state index in [9.17, 15) is 14.7 Å². The van der Waals surface area contributed by atoms with Crippen molar-refractivity contribution in [2.75, 3.05) is 11.9 Å². The number of urea groups is 1. The van der Waals surface area contributed by atoms with Gasteiger partial charge in [-0.25, -0.2) is 9.59 Å². The van der Waals surface area contributed by atoms with E-state index in [1.807, 2.05) is 13.8 Å². The first kappa shape index (κ1) is 14.8. The molecule has 0 aromatic carbocycles. The quantitative estimate of drug-likeness (QED) is 0.879. The number of carbonyl (C=O) groups excluding carboxylic acids is 1. The van der Waals surface area contributed by atoms with Gasteiger partial charge in [-0.1, -0.05) is 6.92 Å². The van der Waals surface area contributed by atoms with E-state index in [2.05, 4.69) is 12.2 Å². The van der Waals surface area contributed by atoms with Gasteiger partial charge in [-0.2, -0.15) is 0 Å². The number of nitrogens with zero attached hydrogens (tertiary/aromatic N) is 1. The highest BCUT2D eigenvalue weighted by atomic mass is 32.1. The molecule has 1 saturated heterocycles. The summed E-state index contributed by atoms with van der Waals surface area (Å²) >= 11 is 1.32. The summed E-state index contributed by atoms with van der Waals surface area (Å²) in [6.45, 7) is 8.49. The Labute approximate surface area is 122 Å². The first-order chi connectivity index (χ1) is 9.31. The molecule has 6 heteroatoms. The molecule has 20 heavy (non-hydrogen) atoms. The largest absolute Gasteiger partial charge is 0.478 e. The van der Waals surface area contributed by atoms with Gasteiger partial charge in [0.2, 0.25) is 0 Å². The van der Waals surface area contributed by atoms with Crippen LogP contribution in [0.3, 0.4) is 0 Å². The van der Waals surface area contributed by atoms with Crippen LogP contribution in [0.2, 0.25) is 0 Å². The lowest BCUT2D eigenvalue weighted by Crippen LogP contribution is -2.37. The van der Waals surface area contributed by atoms with Gasteiger partial charge in [0, 0.05) is 17.5 Å². The molecule has 0 radical (unpaired) electrons. The van der Waals surface area contributed by atoms with Crippen LogP contribution >= 0.6 is 11.3 Å². The topological polar surface area (TPSA) is 69.6 Å². The number of aryl methyl sites for hydroxylation is 1. The molecule has 2 atom stereocenters. The van der Waals surface area contributed by atoms with Gasteiger partial charge in [0.15, 0.2) is 0 Å². The van der Waals surface area contributed by atoms with Crippen LogP contribution in [0.4, 0.5) is 9.80 Å². The number of hydrogen-bond donors (Lipinski definition) is 2. The Morgan fingerprint density at radius 2 is 2.00 bits per heavy atom. The standard InChI is InChI=1S/C14H20N2O3S/c1-7-5-8(2)16(6-7)14(19)15-12-11(13(17)18)9(3)10(4)20-12/h7-8H,5-6H2,1-4H3,(H,15,19)(H,17,18). The molecular formula is C14H20N2O3S. The van der Waals surface area contributed by atoms with Crippen molar-refractivity contribution in [1.82, 2.24) is 4.90 Å². The van der Waals surface area contributed by atoms with Crippen LogP contribution in [-0.2, 0) is 0 Å². The van der Waals surface area contributed by atoms with Crippen LogP contribution < -0.4 is 5.32 Å². The van der Waals surface area contributed by atoms with E-state index < -0.39 is 5.97 Å². The van der Waals surface area contributed by atoms with Crippen LogP contribution in [0.5, 0.6) is 0 Å². The van der Waals surface area contributed by atoms with E-state index in [0.717, 1.165) is 23.4 Å². The van der Waals surface area contributed by atoms with E-state index in [1.165, 1.54) is 11.3 Å². The predicted octanol–water partition coefficient (Wildman–Crippen LogP) is 3.33. The first-order valence-corrected chi connectivity index (χ1v) is 7.53. The Balaban J connectivity index is 2.20. The Morgan fingerprint density at radius 3 is 2.50 bits per heavy atom. The second-order valence-corrected chi connectivity index (χ2v) is 6.79. The van der Waals surface area contributed by atoms with Gasteiger partial charge in [0.05, 0.1) is 5.56 Å². The molecule has 1 aromatic heterocycles. The number of nitrogens with one attached hydrogen (secondary N) is 1. The summed E-state index contributed by atoms with van der Waals surface area (Å²) in [7, 11) is 0. The number of carboxylic acids is 1. The maximum absolute atomic E-state index is 12.3. The minimum atomic E-state index is -0.995. The van der Waals surface area contributed by atoms with Crippen molar-refractivity contribution in [3.8, 4) is 0 Å². The monoisotopic (exact) mass is 296 g/mol. The highest BCUT2D eigenvalue weighted by Gasteiger charge is 2.31. The number of carbonyl (C=O) groups is 2. The van der Waals surface area contributed by atoms with Crippen LogP contribution in [0.15, 0.2) is 0 Å². The molecule has 0 bridgehead atoms. The number of rotatable bonds is 2. The zero-order valence-electron chi connectivity index (χ0n) is 12.2. The van der Waals surface area contributed by atoms with E-state index in [0.29, 0.717) is 10.9 Å². The van der Waals surface area contributed by atoms with Gasteiger partial charge >= 0.3 is 12.0 Å². The number of carboxylic acid groups (broad SMARTS) is 1. The minimum Gasteiger partial charge on any atom is -0.478 e. The van der Waals surface area contributed by atoms with E-state index in [4.69, 9.17) is 0 Å². The highest BCUT2D eigenvalue weighted by molar-refractivity contribution is 7.16. The fraction of sp³-hybridized carbons (Fsp3) is 0.571. The molecule has 5 nitrogen and oxygen atoms in total. The fourth-order valence-corrected chi connectivity index (χ4v) is 3.77. The summed E-state index contributed by atoms with van der Waals surface area (Å²) in [5, 5.41) is 12.5.